The molecule has 6 heteroatoms. The largest absolute Gasteiger partial charge is 0.399 e. The fourth-order valence-electron chi connectivity index (χ4n) is 1.47. The van der Waals surface area contributed by atoms with Crippen molar-refractivity contribution in [2.75, 3.05) is 12.8 Å². The number of nitrogens with two attached hydrogens (primary N) is 2. The molecule has 0 fully saturated rings. The third kappa shape index (κ3) is 4.06. The van der Waals surface area contributed by atoms with E-state index in [1.54, 1.807) is 26.1 Å². The summed E-state index contributed by atoms with van der Waals surface area (Å²) in [5, 5.41) is 2.06. The van der Waals surface area contributed by atoms with Crippen LogP contribution in [0, 0.1) is 0 Å². The van der Waals surface area contributed by atoms with Gasteiger partial charge in [0.05, 0.1) is 6.04 Å². The summed E-state index contributed by atoms with van der Waals surface area (Å²) in [5.74, 6) is -0.416. The van der Waals surface area contributed by atoms with Crippen LogP contribution in [0.15, 0.2) is 24.3 Å². The molecule has 0 saturated carbocycles. The summed E-state index contributed by atoms with van der Waals surface area (Å²) in [7, 11) is 1.79. The summed E-state index contributed by atoms with van der Waals surface area (Å²) in [5.41, 5.74) is 12.2. The average molecular weight is 250 g/mol. The van der Waals surface area contributed by atoms with Crippen molar-refractivity contribution in [3.05, 3.63) is 29.8 Å². The van der Waals surface area contributed by atoms with Crippen LogP contribution in [0.3, 0.4) is 0 Å². The van der Waals surface area contributed by atoms with Gasteiger partial charge in [-0.1, -0.05) is 12.1 Å². The highest BCUT2D eigenvalue weighted by atomic mass is 16.2. The lowest BCUT2D eigenvalue weighted by atomic mass is 10.1. The zero-order valence-electron chi connectivity index (χ0n) is 10.5. The minimum absolute atomic E-state index is 0.416. The quantitative estimate of drug-likeness (QED) is 0.668. The first kappa shape index (κ1) is 14.0. The van der Waals surface area contributed by atoms with Crippen LogP contribution >= 0.6 is 0 Å². The van der Waals surface area contributed by atoms with Crippen molar-refractivity contribution in [3.8, 4) is 0 Å². The van der Waals surface area contributed by atoms with E-state index in [2.05, 4.69) is 5.32 Å². The van der Waals surface area contributed by atoms with E-state index in [0.29, 0.717) is 12.2 Å². The summed E-state index contributed by atoms with van der Waals surface area (Å²) in [6, 6.07) is 6.10. The molecule has 1 atom stereocenters. The molecule has 1 rings (SSSR count). The SMILES string of the molecule is CC(C(=O)NC(N)=O)N(C)Cc1ccc(N)cc1. The van der Waals surface area contributed by atoms with E-state index < -0.39 is 18.0 Å². The number of amides is 3. The number of imide groups is 1. The van der Waals surface area contributed by atoms with E-state index >= 15 is 0 Å². The van der Waals surface area contributed by atoms with Gasteiger partial charge in [0, 0.05) is 12.2 Å². The van der Waals surface area contributed by atoms with E-state index in [4.69, 9.17) is 11.5 Å². The number of benzene rings is 1. The van der Waals surface area contributed by atoms with Crippen LogP contribution in [0.5, 0.6) is 0 Å². The third-order valence-corrected chi connectivity index (χ3v) is 2.70. The van der Waals surface area contributed by atoms with E-state index in [1.165, 1.54) is 0 Å². The van der Waals surface area contributed by atoms with E-state index in [-0.39, 0.29) is 0 Å². The second-order valence-electron chi connectivity index (χ2n) is 4.19. The minimum Gasteiger partial charge on any atom is -0.399 e. The van der Waals surface area contributed by atoms with Crippen molar-refractivity contribution in [1.29, 1.82) is 0 Å². The van der Waals surface area contributed by atoms with Crippen LogP contribution in [-0.2, 0) is 11.3 Å². The molecule has 0 saturated heterocycles. The lowest BCUT2D eigenvalue weighted by Crippen LogP contribution is -2.46. The van der Waals surface area contributed by atoms with Crippen molar-refractivity contribution in [2.24, 2.45) is 5.73 Å². The predicted octanol–water partition coefficient (Wildman–Crippen LogP) is 0.284. The Labute approximate surface area is 106 Å². The van der Waals surface area contributed by atoms with Gasteiger partial charge in [-0.25, -0.2) is 4.79 Å². The fraction of sp³-hybridized carbons (Fsp3) is 0.333. The molecule has 5 N–H and O–H groups in total. The Balaban J connectivity index is 2.59. The minimum atomic E-state index is -0.840. The molecule has 1 unspecified atom stereocenters. The van der Waals surface area contributed by atoms with Gasteiger partial charge in [0.15, 0.2) is 0 Å². The number of urea groups is 1. The Morgan fingerprint density at radius 1 is 1.33 bits per heavy atom. The van der Waals surface area contributed by atoms with Gasteiger partial charge >= 0.3 is 6.03 Å². The molecule has 18 heavy (non-hydrogen) atoms. The van der Waals surface area contributed by atoms with Crippen LogP contribution in [0.2, 0.25) is 0 Å². The summed E-state index contributed by atoms with van der Waals surface area (Å²) >= 11 is 0. The highest BCUT2D eigenvalue weighted by Crippen LogP contribution is 2.09. The van der Waals surface area contributed by atoms with Crippen LogP contribution in [0.25, 0.3) is 0 Å². The van der Waals surface area contributed by atoms with Crippen LogP contribution in [0.4, 0.5) is 10.5 Å². The molecule has 0 radical (unpaired) electrons. The number of hydrogen-bond acceptors (Lipinski definition) is 4. The van der Waals surface area contributed by atoms with Crippen molar-refractivity contribution in [2.45, 2.75) is 19.5 Å². The molecule has 0 aliphatic carbocycles. The zero-order chi connectivity index (χ0) is 13.7. The Bertz CT molecular complexity index is 430. The summed E-state index contributed by atoms with van der Waals surface area (Å²) in [6.07, 6.45) is 0. The number of carbonyl (C=O) groups is 2. The smallest absolute Gasteiger partial charge is 0.318 e. The molecule has 0 heterocycles. The average Bonchev–Trinajstić information content (AvgIpc) is 2.30. The lowest BCUT2D eigenvalue weighted by Gasteiger charge is -2.23. The Morgan fingerprint density at radius 2 is 1.89 bits per heavy atom. The number of primary amides is 1. The first-order valence-electron chi connectivity index (χ1n) is 5.55. The number of nitrogen functional groups attached to an aromatic ring is 1. The highest BCUT2D eigenvalue weighted by Gasteiger charge is 2.19. The van der Waals surface area contributed by atoms with Crippen molar-refractivity contribution >= 4 is 17.6 Å². The van der Waals surface area contributed by atoms with Gasteiger partial charge < -0.3 is 11.5 Å². The summed E-state index contributed by atoms with van der Waals surface area (Å²) in [6.45, 7) is 2.28. The Morgan fingerprint density at radius 3 is 2.39 bits per heavy atom. The molecular formula is C12H18N4O2. The summed E-state index contributed by atoms with van der Waals surface area (Å²) < 4.78 is 0. The number of anilines is 1. The van der Waals surface area contributed by atoms with Gasteiger partial charge in [-0.15, -0.1) is 0 Å². The number of likely N-dealkylation sites (N-methyl/N-ethyl adjacent to an activating group) is 1. The fourth-order valence-corrected chi connectivity index (χ4v) is 1.47. The maximum absolute atomic E-state index is 11.6. The topological polar surface area (TPSA) is 101 Å². The molecule has 0 spiro atoms. The monoisotopic (exact) mass is 250 g/mol. The number of rotatable bonds is 4. The van der Waals surface area contributed by atoms with Gasteiger partial charge in [0.2, 0.25) is 5.91 Å². The molecule has 6 nitrogen and oxygen atoms in total. The molecule has 1 aromatic rings. The van der Waals surface area contributed by atoms with Gasteiger partial charge in [-0.2, -0.15) is 0 Å². The number of nitrogens with zero attached hydrogens (tertiary/aromatic N) is 1. The van der Waals surface area contributed by atoms with E-state index in [9.17, 15) is 9.59 Å². The molecule has 0 aromatic heterocycles. The highest BCUT2D eigenvalue weighted by molar-refractivity contribution is 5.96. The maximum atomic E-state index is 11.6. The predicted molar refractivity (Wildman–Crippen MR) is 69.5 cm³/mol. The number of carbonyl (C=O) groups excluding carboxylic acids is 2. The molecule has 3 amide bonds. The second-order valence-corrected chi connectivity index (χ2v) is 4.19. The molecule has 0 aliphatic heterocycles. The molecule has 98 valence electrons. The zero-order valence-corrected chi connectivity index (χ0v) is 10.5. The van der Waals surface area contributed by atoms with Gasteiger partial charge in [-0.3, -0.25) is 15.0 Å². The molecule has 0 aliphatic rings. The van der Waals surface area contributed by atoms with Crippen LogP contribution in [-0.4, -0.2) is 29.9 Å². The Hall–Kier alpha value is -2.08. The summed E-state index contributed by atoms with van der Waals surface area (Å²) in [4.78, 5) is 24.0. The number of nitrogens with one attached hydrogen (secondary N) is 1. The first-order chi connectivity index (χ1) is 8.40. The van der Waals surface area contributed by atoms with Crippen molar-refractivity contribution in [1.82, 2.24) is 10.2 Å². The van der Waals surface area contributed by atoms with E-state index in [1.807, 2.05) is 17.0 Å². The van der Waals surface area contributed by atoms with Crippen LogP contribution < -0.4 is 16.8 Å². The van der Waals surface area contributed by atoms with E-state index in [0.717, 1.165) is 5.56 Å². The van der Waals surface area contributed by atoms with Gasteiger partial charge in [-0.05, 0) is 31.7 Å². The molecule has 0 bridgehead atoms. The lowest BCUT2D eigenvalue weighted by molar-refractivity contribution is -0.124. The third-order valence-electron chi connectivity index (χ3n) is 2.70. The second kappa shape index (κ2) is 6.02. The van der Waals surface area contributed by atoms with Crippen molar-refractivity contribution in [3.63, 3.8) is 0 Å². The first-order valence-corrected chi connectivity index (χ1v) is 5.55. The van der Waals surface area contributed by atoms with Crippen molar-refractivity contribution < 1.29 is 9.59 Å². The standard InChI is InChI=1S/C12H18N4O2/c1-8(11(17)15-12(14)18)16(2)7-9-3-5-10(13)6-4-9/h3-6,8H,7,13H2,1-2H3,(H3,14,15,17,18). The molecule has 1 aromatic carbocycles. The normalized spacial score (nSPS) is 12.2. The Kier molecular flexibility index (Phi) is 4.67. The van der Waals surface area contributed by atoms with Gasteiger partial charge in [0.1, 0.15) is 0 Å². The maximum Gasteiger partial charge on any atom is 0.318 e. The number of hydrogen-bond donors (Lipinski definition) is 3. The van der Waals surface area contributed by atoms with Gasteiger partial charge in [0.25, 0.3) is 0 Å². The molecular weight excluding hydrogens is 232 g/mol. The van der Waals surface area contributed by atoms with Crippen LogP contribution in [0.1, 0.15) is 12.5 Å².